The van der Waals surface area contributed by atoms with E-state index in [4.69, 9.17) is 4.74 Å². The minimum atomic E-state index is -3.41. The van der Waals surface area contributed by atoms with Gasteiger partial charge in [-0.2, -0.15) is 0 Å². The Morgan fingerprint density at radius 2 is 0.884 bits per heavy atom. The number of benzene rings is 9. The Balaban J connectivity index is 1.32. The van der Waals surface area contributed by atoms with Gasteiger partial charge in [-0.15, -0.1) is 0 Å². The van der Waals surface area contributed by atoms with Gasteiger partial charge in [0.25, 0.3) is 0 Å². The van der Waals surface area contributed by atoms with Gasteiger partial charge in [0.15, 0.2) is 26.7 Å². The molecule has 9 aromatic rings. The minimum absolute atomic E-state index is 0.112. The molecular formula is C63H57BNO2PSi. The first-order valence-corrected chi connectivity index (χ1v) is 28.3. The van der Waals surface area contributed by atoms with Gasteiger partial charge >= 0.3 is 0 Å². The van der Waals surface area contributed by atoms with Crippen molar-refractivity contribution < 1.29 is 9.30 Å². The fourth-order valence-corrected chi connectivity index (χ4v) is 19.5. The molecule has 2 heterocycles. The van der Waals surface area contributed by atoms with E-state index in [2.05, 4.69) is 216 Å². The Morgan fingerprint density at radius 3 is 1.36 bits per heavy atom. The van der Waals surface area contributed by atoms with Crippen molar-refractivity contribution in [3.05, 3.63) is 235 Å². The third-order valence-corrected chi connectivity index (χ3v) is 22.6. The highest BCUT2D eigenvalue weighted by molar-refractivity contribution is 7.85. The number of hydrogen-bond acceptors (Lipinski definition) is 3. The van der Waals surface area contributed by atoms with Crippen LogP contribution < -0.4 is 62.7 Å². The fourth-order valence-electron chi connectivity index (χ4n) is 11.4. The minimum Gasteiger partial charge on any atom is -0.453 e. The maximum absolute atomic E-state index is 16.7. The van der Waals surface area contributed by atoms with Crippen LogP contribution in [0.3, 0.4) is 0 Å². The summed E-state index contributed by atoms with van der Waals surface area (Å²) in [5.74, 6) is 2.56. The topological polar surface area (TPSA) is 29.5 Å². The molecule has 0 radical (unpaired) electrons. The fraction of sp³-hybridized carbons (Fsp3) is 0.143. The molecule has 338 valence electrons. The number of ether oxygens (including phenoxy) is 1. The van der Waals surface area contributed by atoms with Gasteiger partial charge in [0.1, 0.15) is 0 Å². The Hall–Kier alpha value is -6.91. The summed E-state index contributed by atoms with van der Waals surface area (Å²) in [6, 6.07) is 79.0. The number of anilines is 3. The highest BCUT2D eigenvalue weighted by Crippen LogP contribution is 2.50. The van der Waals surface area contributed by atoms with Crippen LogP contribution in [0.2, 0.25) is 0 Å². The molecule has 3 nitrogen and oxygen atoms in total. The molecule has 0 unspecified atom stereocenters. The number of nitrogens with zero attached hydrogens (tertiary/aromatic N) is 1. The van der Waals surface area contributed by atoms with Crippen molar-refractivity contribution in [3.8, 4) is 11.5 Å². The molecule has 0 saturated carbocycles. The van der Waals surface area contributed by atoms with E-state index in [9.17, 15) is 0 Å². The second-order valence-electron chi connectivity index (χ2n) is 19.7. The monoisotopic (exact) mass is 929 g/mol. The lowest BCUT2D eigenvalue weighted by molar-refractivity contribution is 0.477. The van der Waals surface area contributed by atoms with E-state index in [0.717, 1.165) is 44.5 Å². The largest absolute Gasteiger partial charge is 0.453 e. The van der Waals surface area contributed by atoms with Crippen LogP contribution >= 0.6 is 7.14 Å². The Morgan fingerprint density at radius 1 is 0.449 bits per heavy atom. The van der Waals surface area contributed by atoms with E-state index in [1.165, 1.54) is 53.8 Å². The van der Waals surface area contributed by atoms with Gasteiger partial charge in [0.05, 0.1) is 11.4 Å². The van der Waals surface area contributed by atoms with Crippen LogP contribution in [0.15, 0.2) is 218 Å². The summed E-state index contributed by atoms with van der Waals surface area (Å²) in [6.07, 6.45) is 0. The van der Waals surface area contributed by atoms with Crippen molar-refractivity contribution >= 4 is 92.0 Å². The van der Waals surface area contributed by atoms with E-state index in [1.807, 2.05) is 48.5 Å². The average Bonchev–Trinajstić information content (AvgIpc) is 3.39. The van der Waals surface area contributed by atoms with E-state index >= 15 is 4.57 Å². The predicted octanol–water partition coefficient (Wildman–Crippen LogP) is 10.5. The van der Waals surface area contributed by atoms with E-state index in [0.29, 0.717) is 5.92 Å². The van der Waals surface area contributed by atoms with Crippen LogP contribution in [0, 0.1) is 0 Å². The SMILES string of the molecule is CC(C)c1cc(C(C)C)c(B2c3ccc(N4c5ccccc5Oc5ccccc54)cc3[Si](c3ccccc3)(c3ccccc3)c3cc(P(=O)(c4ccccc4)c4ccccc4)ccc32)c(C(C)C)c1. The number of fused-ring (bicyclic) bond motifs is 4. The molecule has 2 aliphatic rings. The molecule has 0 aliphatic carbocycles. The van der Waals surface area contributed by atoms with Gasteiger partial charge in [0.2, 0.25) is 6.71 Å². The van der Waals surface area contributed by atoms with Gasteiger partial charge in [-0.25, -0.2) is 0 Å². The van der Waals surface area contributed by atoms with Crippen molar-refractivity contribution in [2.45, 2.75) is 59.3 Å². The van der Waals surface area contributed by atoms with Crippen molar-refractivity contribution in [3.63, 3.8) is 0 Å². The summed E-state index contributed by atoms with van der Waals surface area (Å²) in [5, 5.41) is 7.69. The number of hydrogen-bond donors (Lipinski definition) is 0. The molecule has 0 atom stereocenters. The van der Waals surface area contributed by atoms with Gasteiger partial charge in [-0.05, 0) is 91.6 Å². The van der Waals surface area contributed by atoms with Crippen LogP contribution in [-0.4, -0.2) is 14.8 Å². The molecule has 0 aromatic heterocycles. The lowest BCUT2D eigenvalue weighted by Gasteiger charge is -2.45. The molecule has 69 heavy (non-hydrogen) atoms. The van der Waals surface area contributed by atoms with Crippen LogP contribution in [0.5, 0.6) is 11.5 Å². The number of para-hydroxylation sites is 4. The van der Waals surface area contributed by atoms with Gasteiger partial charge < -0.3 is 14.2 Å². The molecule has 2 aliphatic heterocycles. The predicted molar refractivity (Wildman–Crippen MR) is 298 cm³/mol. The molecule has 11 rings (SSSR count). The standard InChI is InChI=1S/C63H57BNO2PSi/c1-43(2)46-39-53(44(3)4)63(54(40-46)45(5)6)64-55-37-35-47(65-57-31-19-21-33-59(57)67-60-34-22-20-32-58(60)65)41-61(55)69(51-27-15-9-16-28-51,52-29-17-10-18-30-52)62-42-50(36-38-56(62)64)68(66,48-23-11-7-12-24-48)49-25-13-8-14-26-49/h7-45H,1-6H3. The highest BCUT2D eigenvalue weighted by atomic mass is 31.2. The van der Waals surface area contributed by atoms with Crippen molar-refractivity contribution in [1.29, 1.82) is 0 Å². The second kappa shape index (κ2) is 17.9. The average molecular weight is 930 g/mol. The lowest BCUT2D eigenvalue weighted by Crippen LogP contribution is -2.87. The zero-order valence-electron chi connectivity index (χ0n) is 40.3. The highest BCUT2D eigenvalue weighted by Gasteiger charge is 2.52. The van der Waals surface area contributed by atoms with Gasteiger partial charge in [0, 0.05) is 21.6 Å². The van der Waals surface area contributed by atoms with Crippen molar-refractivity contribution in [1.82, 2.24) is 0 Å². The molecule has 0 saturated heterocycles. The van der Waals surface area contributed by atoms with Crippen LogP contribution in [0.1, 0.15) is 76.0 Å². The molecular weight excluding hydrogens is 873 g/mol. The third kappa shape index (κ3) is 7.29. The third-order valence-electron chi connectivity index (χ3n) is 14.7. The normalized spacial score (nSPS) is 13.7. The molecule has 9 aromatic carbocycles. The van der Waals surface area contributed by atoms with Crippen molar-refractivity contribution in [2.75, 3.05) is 4.90 Å². The Labute approximate surface area is 410 Å². The molecule has 0 N–H and O–H groups in total. The lowest BCUT2D eigenvalue weighted by atomic mass is 9.34. The molecule has 0 amide bonds. The first-order chi connectivity index (χ1) is 33.6. The smallest absolute Gasteiger partial charge is 0.241 e. The van der Waals surface area contributed by atoms with Crippen LogP contribution in [-0.2, 0) is 4.57 Å². The first kappa shape index (κ1) is 44.6. The molecule has 6 heteroatoms. The summed E-state index contributed by atoms with van der Waals surface area (Å²) >= 11 is 0. The number of rotatable bonds is 10. The maximum atomic E-state index is 16.7. The van der Waals surface area contributed by atoms with Crippen molar-refractivity contribution in [2.24, 2.45) is 0 Å². The molecule has 0 spiro atoms. The van der Waals surface area contributed by atoms with E-state index in [-0.39, 0.29) is 18.5 Å². The molecule has 0 bridgehead atoms. The van der Waals surface area contributed by atoms with Gasteiger partial charge in [-0.1, -0.05) is 240 Å². The van der Waals surface area contributed by atoms with Crippen LogP contribution in [0.25, 0.3) is 0 Å². The Kier molecular flexibility index (Phi) is 11.6. The first-order valence-electron chi connectivity index (χ1n) is 24.6. The van der Waals surface area contributed by atoms with E-state index < -0.39 is 15.2 Å². The summed E-state index contributed by atoms with van der Waals surface area (Å²) in [4.78, 5) is 2.39. The Bertz CT molecular complexity index is 3240. The second-order valence-corrected chi connectivity index (χ2v) is 26.2. The zero-order chi connectivity index (χ0) is 47.4. The molecule has 0 fully saturated rings. The summed E-state index contributed by atoms with van der Waals surface area (Å²) in [6.45, 7) is 14.0. The summed E-state index contributed by atoms with van der Waals surface area (Å²) in [7, 11) is -6.75. The van der Waals surface area contributed by atoms with E-state index in [1.54, 1.807) is 0 Å². The summed E-state index contributed by atoms with van der Waals surface area (Å²) in [5.41, 5.74) is 11.2. The maximum Gasteiger partial charge on any atom is 0.241 e. The summed E-state index contributed by atoms with van der Waals surface area (Å²) < 4.78 is 23.3. The van der Waals surface area contributed by atoms with Crippen LogP contribution in [0.4, 0.5) is 17.1 Å². The quantitative estimate of drug-likeness (QED) is 0.101. The zero-order valence-corrected chi connectivity index (χ0v) is 42.2. The van der Waals surface area contributed by atoms with Gasteiger partial charge in [-0.3, -0.25) is 0 Å².